The molecular formula is C11H19NO9. The van der Waals surface area contributed by atoms with Crippen LogP contribution in [0.2, 0.25) is 0 Å². The van der Waals surface area contributed by atoms with Gasteiger partial charge in [0, 0.05) is 13.3 Å². The van der Waals surface area contributed by atoms with Crippen molar-refractivity contribution in [3.63, 3.8) is 0 Å². The molecule has 1 aliphatic rings. The summed E-state index contributed by atoms with van der Waals surface area (Å²) in [6, 6.07) is -1.27. The number of amides is 1. The van der Waals surface area contributed by atoms with E-state index in [1.807, 2.05) is 0 Å². The Hall–Kier alpha value is -1.30. The Kier molecular flexibility index (Phi) is 5.61. The van der Waals surface area contributed by atoms with E-state index in [2.05, 4.69) is 5.32 Å². The standard InChI is InChI=1S/C11H19NO9/c1-4(14)12-7-5(15)2-11(20,10(18)19)21-9(7)8(17)6(16)3-13/h5-9,13,15-17,20H,2-3H2,1H3,(H,12,14)(H,18,19)/t5-,6-,7?,8-,9-,11+/m1/s1. The Labute approximate surface area is 119 Å². The summed E-state index contributed by atoms with van der Waals surface area (Å²) in [5.74, 6) is -5.17. The van der Waals surface area contributed by atoms with Crippen molar-refractivity contribution in [2.24, 2.45) is 0 Å². The summed E-state index contributed by atoms with van der Waals surface area (Å²) >= 11 is 0. The summed E-state index contributed by atoms with van der Waals surface area (Å²) in [6.45, 7) is 0.256. The van der Waals surface area contributed by atoms with Crippen LogP contribution in [0.1, 0.15) is 13.3 Å². The molecule has 0 radical (unpaired) electrons. The van der Waals surface area contributed by atoms with Crippen molar-refractivity contribution in [2.75, 3.05) is 6.61 Å². The van der Waals surface area contributed by atoms with Crippen LogP contribution in [0.4, 0.5) is 0 Å². The van der Waals surface area contributed by atoms with E-state index >= 15 is 0 Å². The number of carbonyl (C=O) groups is 2. The van der Waals surface area contributed by atoms with E-state index in [0.717, 1.165) is 6.92 Å². The highest BCUT2D eigenvalue weighted by Gasteiger charge is 2.53. The first-order valence-electron chi connectivity index (χ1n) is 6.18. The number of hydrogen-bond donors (Lipinski definition) is 7. The van der Waals surface area contributed by atoms with E-state index in [9.17, 15) is 30.0 Å². The molecule has 6 atom stereocenters. The monoisotopic (exact) mass is 309 g/mol. The predicted octanol–water partition coefficient (Wildman–Crippen LogP) is -3.87. The number of ether oxygens (including phenoxy) is 1. The highest BCUT2D eigenvalue weighted by molar-refractivity contribution is 5.76. The minimum absolute atomic E-state index is 0.598. The van der Waals surface area contributed by atoms with E-state index in [4.69, 9.17) is 14.9 Å². The number of aliphatic hydroxyl groups is 5. The van der Waals surface area contributed by atoms with Gasteiger partial charge in [0.05, 0.1) is 18.8 Å². The molecule has 0 aromatic carbocycles. The molecular weight excluding hydrogens is 290 g/mol. The fraction of sp³-hybridized carbons (Fsp3) is 0.818. The Bertz CT molecular complexity index is 403. The van der Waals surface area contributed by atoms with Crippen LogP contribution in [0.5, 0.6) is 0 Å². The number of carboxylic acid groups (broad SMARTS) is 1. The molecule has 7 N–H and O–H groups in total. The molecule has 0 bridgehead atoms. The minimum atomic E-state index is -2.78. The van der Waals surface area contributed by atoms with Crippen molar-refractivity contribution in [1.82, 2.24) is 5.32 Å². The quantitative estimate of drug-likeness (QED) is 0.268. The summed E-state index contributed by atoms with van der Waals surface area (Å²) < 4.78 is 4.86. The number of carboxylic acids is 1. The van der Waals surface area contributed by atoms with E-state index in [1.54, 1.807) is 0 Å². The van der Waals surface area contributed by atoms with Crippen LogP contribution in [-0.2, 0) is 14.3 Å². The number of rotatable bonds is 5. The van der Waals surface area contributed by atoms with Gasteiger partial charge < -0.3 is 40.7 Å². The molecule has 10 nitrogen and oxygen atoms in total. The Balaban J connectivity index is 3.07. The molecule has 1 unspecified atom stereocenters. The lowest BCUT2D eigenvalue weighted by Gasteiger charge is -2.44. The summed E-state index contributed by atoms with van der Waals surface area (Å²) in [6.07, 6.45) is -7.48. The number of aliphatic hydroxyl groups excluding tert-OH is 4. The smallest absolute Gasteiger partial charge is 0.364 e. The Morgan fingerprint density at radius 2 is 2.00 bits per heavy atom. The lowest BCUT2D eigenvalue weighted by atomic mass is 9.88. The number of carbonyl (C=O) groups excluding carboxylic acids is 1. The van der Waals surface area contributed by atoms with Gasteiger partial charge in [0.25, 0.3) is 5.79 Å². The van der Waals surface area contributed by atoms with Gasteiger partial charge in [-0.2, -0.15) is 0 Å². The molecule has 0 aromatic rings. The van der Waals surface area contributed by atoms with Crippen LogP contribution in [0.15, 0.2) is 0 Å². The fourth-order valence-corrected chi connectivity index (χ4v) is 2.14. The van der Waals surface area contributed by atoms with Crippen LogP contribution < -0.4 is 5.32 Å². The third-order valence-corrected chi connectivity index (χ3v) is 3.21. The molecule has 1 rings (SSSR count). The number of nitrogens with one attached hydrogen (secondary N) is 1. The molecule has 1 amide bonds. The first kappa shape index (κ1) is 17.8. The molecule has 1 aliphatic heterocycles. The Morgan fingerprint density at radius 3 is 2.43 bits per heavy atom. The molecule has 1 saturated heterocycles. The van der Waals surface area contributed by atoms with Gasteiger partial charge in [0.2, 0.25) is 5.91 Å². The van der Waals surface area contributed by atoms with Gasteiger partial charge in [-0.1, -0.05) is 0 Å². The zero-order valence-electron chi connectivity index (χ0n) is 11.2. The molecule has 122 valence electrons. The normalized spacial score (nSPS) is 35.8. The minimum Gasteiger partial charge on any atom is -0.477 e. The van der Waals surface area contributed by atoms with E-state index in [1.165, 1.54) is 0 Å². The molecule has 21 heavy (non-hydrogen) atoms. The van der Waals surface area contributed by atoms with Crippen LogP contribution in [0.25, 0.3) is 0 Å². The second kappa shape index (κ2) is 6.64. The first-order chi connectivity index (χ1) is 9.62. The summed E-state index contributed by atoms with van der Waals surface area (Å²) in [5, 5.41) is 59.0. The molecule has 0 saturated carbocycles. The van der Waals surface area contributed by atoms with Gasteiger partial charge in [-0.15, -0.1) is 0 Å². The molecule has 0 aromatic heterocycles. The summed E-state index contributed by atoms with van der Waals surface area (Å²) in [7, 11) is 0. The van der Waals surface area contributed by atoms with Crippen molar-refractivity contribution >= 4 is 11.9 Å². The average molecular weight is 309 g/mol. The first-order valence-corrected chi connectivity index (χ1v) is 6.18. The van der Waals surface area contributed by atoms with E-state index in [0.29, 0.717) is 0 Å². The maximum absolute atomic E-state index is 11.1. The number of hydrogen-bond acceptors (Lipinski definition) is 8. The third-order valence-electron chi connectivity index (χ3n) is 3.21. The van der Waals surface area contributed by atoms with Crippen LogP contribution in [0.3, 0.4) is 0 Å². The Morgan fingerprint density at radius 1 is 1.43 bits per heavy atom. The van der Waals surface area contributed by atoms with Gasteiger partial charge in [-0.05, 0) is 0 Å². The van der Waals surface area contributed by atoms with Crippen LogP contribution >= 0.6 is 0 Å². The van der Waals surface area contributed by atoms with Gasteiger partial charge >= 0.3 is 5.97 Å². The summed E-state index contributed by atoms with van der Waals surface area (Å²) in [4.78, 5) is 22.1. The van der Waals surface area contributed by atoms with Gasteiger partial charge in [-0.25, -0.2) is 4.79 Å². The largest absolute Gasteiger partial charge is 0.477 e. The maximum atomic E-state index is 11.1. The second-order valence-corrected chi connectivity index (χ2v) is 4.91. The topological polar surface area (TPSA) is 177 Å². The second-order valence-electron chi connectivity index (χ2n) is 4.91. The fourth-order valence-electron chi connectivity index (χ4n) is 2.14. The van der Waals surface area contributed by atoms with E-state index < -0.39 is 61.1 Å². The highest BCUT2D eigenvalue weighted by Crippen LogP contribution is 2.30. The van der Waals surface area contributed by atoms with Crippen molar-refractivity contribution in [1.29, 1.82) is 0 Å². The highest BCUT2D eigenvalue weighted by atomic mass is 16.7. The summed E-state index contributed by atoms with van der Waals surface area (Å²) in [5.41, 5.74) is 0. The maximum Gasteiger partial charge on any atom is 0.364 e. The van der Waals surface area contributed by atoms with Crippen molar-refractivity contribution in [2.45, 2.75) is 49.6 Å². The zero-order chi connectivity index (χ0) is 16.4. The average Bonchev–Trinajstić information content (AvgIpc) is 2.39. The van der Waals surface area contributed by atoms with Gasteiger partial charge in [-0.3, -0.25) is 4.79 Å². The lowest BCUT2D eigenvalue weighted by Crippen LogP contribution is -2.67. The van der Waals surface area contributed by atoms with Gasteiger partial charge in [0.1, 0.15) is 18.3 Å². The van der Waals surface area contributed by atoms with Crippen molar-refractivity contribution < 1.29 is 45.0 Å². The molecule has 1 heterocycles. The molecule has 1 fully saturated rings. The third kappa shape index (κ3) is 3.87. The van der Waals surface area contributed by atoms with Gasteiger partial charge in [0.15, 0.2) is 0 Å². The van der Waals surface area contributed by atoms with E-state index in [-0.39, 0.29) is 0 Å². The van der Waals surface area contributed by atoms with Crippen LogP contribution in [0, 0.1) is 0 Å². The van der Waals surface area contributed by atoms with Crippen molar-refractivity contribution in [3.8, 4) is 0 Å². The molecule has 0 aliphatic carbocycles. The predicted molar refractivity (Wildman–Crippen MR) is 64.8 cm³/mol. The van der Waals surface area contributed by atoms with Crippen LogP contribution in [-0.4, -0.2) is 85.4 Å². The zero-order valence-corrected chi connectivity index (χ0v) is 11.2. The number of aliphatic carboxylic acids is 1. The molecule has 0 spiro atoms. The van der Waals surface area contributed by atoms with Crippen molar-refractivity contribution in [3.05, 3.63) is 0 Å². The molecule has 10 heteroatoms. The lowest BCUT2D eigenvalue weighted by molar-refractivity contribution is -0.295. The SMILES string of the molecule is CC(=O)NC1[C@H](O)C[C@@](O)(C(=O)O)O[C@H]1[C@H](O)[C@H](O)CO.